The summed E-state index contributed by atoms with van der Waals surface area (Å²) in [4.78, 5) is 0. The molecule has 14 aromatic rings. The van der Waals surface area contributed by atoms with Crippen molar-refractivity contribution in [2.24, 2.45) is 0 Å². The van der Waals surface area contributed by atoms with Crippen molar-refractivity contribution in [2.75, 3.05) is 0 Å². The van der Waals surface area contributed by atoms with Crippen LogP contribution in [0.15, 0.2) is 194 Å². The van der Waals surface area contributed by atoms with Gasteiger partial charge in [0, 0.05) is 178 Å². The number of benzene rings is 12. The van der Waals surface area contributed by atoms with Gasteiger partial charge in [-0.25, -0.2) is 0 Å². The first kappa shape index (κ1) is 59.9. The van der Waals surface area contributed by atoms with Crippen LogP contribution in [0.5, 0.6) is 0 Å². The Bertz CT molecular complexity index is 4870. The summed E-state index contributed by atoms with van der Waals surface area (Å²) in [6.07, 6.45) is -9.19. The Morgan fingerprint density at radius 2 is 0.607 bits per heavy atom. The van der Waals surface area contributed by atoms with Gasteiger partial charge in [0.1, 0.15) is 0 Å². The van der Waals surface area contributed by atoms with Gasteiger partial charge in [0.25, 0.3) is 0 Å². The predicted octanol–water partition coefficient (Wildman–Crippen LogP) is 7.29. The number of hydrogen-bond acceptors (Lipinski definition) is 0. The average Bonchev–Trinajstić information content (AvgIpc) is 1.63. The molecule has 0 saturated carbocycles. The van der Waals surface area contributed by atoms with Crippen LogP contribution >= 0.6 is 0 Å². The van der Waals surface area contributed by atoms with Crippen molar-refractivity contribution < 1.29 is 0 Å². The average molecular weight is 1210 g/mol. The molecule has 0 unspecified atom stereocenters. The monoisotopic (exact) mass is 1210 g/mol. The topological polar surface area (TPSA) is 0 Å². The molecule has 2 heterocycles. The van der Waals surface area contributed by atoms with Crippen LogP contribution in [-0.4, -0.2) is 207 Å². The van der Waals surface area contributed by atoms with E-state index in [-0.39, 0.29) is 29.0 Å². The summed E-state index contributed by atoms with van der Waals surface area (Å²) in [7, 11) is 77.9. The van der Waals surface area contributed by atoms with Gasteiger partial charge in [-0.2, -0.15) is 0 Å². The summed E-state index contributed by atoms with van der Waals surface area (Å²) in [5, 5.41) is 18.9. The Balaban J connectivity index is 0.000000228. The molecular formula is C62H32B25Se2. The molecule has 16 rings (SSSR count). The zero-order valence-electron chi connectivity index (χ0n) is 48.7. The summed E-state index contributed by atoms with van der Waals surface area (Å²) in [5.41, 5.74) is 16.4. The van der Waals surface area contributed by atoms with Gasteiger partial charge in [-0.15, -0.1) is 0 Å². The second-order valence-electron chi connectivity index (χ2n) is 24.3. The van der Waals surface area contributed by atoms with Gasteiger partial charge < -0.3 is 0 Å². The SMILES string of the molecule is [B][B]B(B([B])[B])B(B([B])[B])B(B(B([B])[B])B([B])[B])B(B([B])[B])B([B])[B].c1cc2c3c(cccc3c1)-c1c-2cc2c(ccc3c4cc5c(c(-c6cccc7c6[se]c6ccccc67)c4ccc23)-c2cccc3cccc-5c23)c1-c1cccc2c1[se]c1ccccc12. The van der Waals surface area contributed by atoms with E-state index in [1.165, 1.54) is 166 Å². The predicted molar refractivity (Wildman–Crippen MR) is 421 cm³/mol. The third-order valence-electron chi connectivity index (χ3n) is 19.4. The maximum atomic E-state index is 5.99. The Hall–Kier alpha value is -5.40. The minimum atomic E-state index is -0.960. The fourth-order valence-corrected chi connectivity index (χ4v) is 20.9. The third kappa shape index (κ3) is 9.59. The fraction of sp³-hybridized carbons (Fsp3) is 0. The molecule has 0 saturated heterocycles. The molecule has 27 radical (unpaired) electrons. The zero-order valence-corrected chi connectivity index (χ0v) is 52.2. The van der Waals surface area contributed by atoms with E-state index in [4.69, 9.17) is 101 Å². The standard InChI is InChI=1S/C62H32Se2.B25/c1-3-25-53-37(15-1)43-19-9-23-47(61(43)63-53)57-41-29-27-36-35(49(41)31-51-39-17-5-11-33-13-7-21-45(55(33)39)59(51)57)28-30-42-50(36)32-52-40-18-6-12-34-14-8-22-46(56(34)40)60(52)58(42)48-24-10-20-44-38-16-2-4-26-54(38)64-62(44)48;1-14-21(15(2)3)24(20(12)13)25(22(16(4)5)17(6)7)23(18(8)9)19(10)11/h1-32H;. The molecule has 2 aliphatic carbocycles. The molecule has 0 nitrogen and oxygen atoms in total. The van der Waals surface area contributed by atoms with E-state index in [9.17, 15) is 0 Å². The molecule has 0 atom stereocenters. The molecule has 2 aliphatic rings. The van der Waals surface area contributed by atoms with Gasteiger partial charge in [0.15, 0.2) is 0 Å². The molecule has 27 heteroatoms. The summed E-state index contributed by atoms with van der Waals surface area (Å²) >= 11 is 0.416. The van der Waals surface area contributed by atoms with E-state index in [0.29, 0.717) is 0 Å². The van der Waals surface area contributed by atoms with Crippen LogP contribution < -0.4 is 0 Å². The summed E-state index contributed by atoms with van der Waals surface area (Å²) in [6, 6.07) is 74.9. The van der Waals surface area contributed by atoms with Gasteiger partial charge in [-0.3, -0.25) is 0 Å². The Kier molecular flexibility index (Phi) is 15.9. The van der Waals surface area contributed by atoms with Crippen LogP contribution in [0.25, 0.3) is 159 Å². The van der Waals surface area contributed by atoms with Crippen molar-refractivity contribution in [1.82, 2.24) is 0 Å². The molecule has 0 spiro atoms. The van der Waals surface area contributed by atoms with Crippen LogP contribution in [0.4, 0.5) is 0 Å². The first-order valence-corrected chi connectivity index (χ1v) is 33.6. The van der Waals surface area contributed by atoms with Gasteiger partial charge in [0.2, 0.25) is 0 Å². The van der Waals surface area contributed by atoms with Crippen molar-refractivity contribution in [3.8, 4) is 66.8 Å². The van der Waals surface area contributed by atoms with Crippen molar-refractivity contribution in [1.29, 1.82) is 0 Å². The fourth-order valence-electron chi connectivity index (χ4n) is 15.7. The summed E-state index contributed by atoms with van der Waals surface area (Å²) in [6.45, 7) is 0. The van der Waals surface area contributed by atoms with E-state index < -0.39 is 70.2 Å². The van der Waals surface area contributed by atoms with E-state index in [1.807, 2.05) is 0 Å². The maximum absolute atomic E-state index is 5.99. The normalized spacial score (nSPS) is 11.7. The number of fused-ring (bicyclic) bond motifs is 17. The van der Waals surface area contributed by atoms with Crippen molar-refractivity contribution in [3.63, 3.8) is 0 Å². The Morgan fingerprint density at radius 3 is 0.989 bits per heavy atom. The third-order valence-corrected chi connectivity index (χ3v) is 24.5. The Labute approximate surface area is 555 Å². The molecule has 0 bridgehead atoms. The minimum absolute atomic E-state index is 0.208. The van der Waals surface area contributed by atoms with Gasteiger partial charge in [0.05, 0.1) is 0 Å². The summed E-state index contributed by atoms with van der Waals surface area (Å²) in [5.74, 6) is 0. The van der Waals surface area contributed by atoms with Crippen LogP contribution in [0, 0.1) is 0 Å². The van der Waals surface area contributed by atoms with Crippen LogP contribution in [0.1, 0.15) is 0 Å². The molecule has 89 heavy (non-hydrogen) atoms. The zero-order chi connectivity index (χ0) is 61.4. The number of rotatable bonds is 13. The van der Waals surface area contributed by atoms with Crippen molar-refractivity contribution >= 4 is 299 Å². The summed E-state index contributed by atoms with van der Waals surface area (Å²) < 4.78 is 5.96. The van der Waals surface area contributed by atoms with E-state index in [1.54, 1.807) is 0 Å². The molecule has 0 N–H and O–H groups in total. The van der Waals surface area contributed by atoms with Crippen LogP contribution in [0.2, 0.25) is 0 Å². The van der Waals surface area contributed by atoms with E-state index in [2.05, 4.69) is 194 Å². The van der Waals surface area contributed by atoms with Crippen LogP contribution in [-0.2, 0) is 0 Å². The first-order valence-electron chi connectivity index (χ1n) is 30.2. The quantitative estimate of drug-likeness (QED) is 0.0842. The molecule has 0 amide bonds. The van der Waals surface area contributed by atoms with Crippen molar-refractivity contribution in [2.45, 2.75) is 0 Å². The molecular weight excluding hydrogens is 1170 g/mol. The van der Waals surface area contributed by atoms with E-state index in [0.717, 1.165) is 0 Å². The van der Waals surface area contributed by atoms with Gasteiger partial charge in [-0.1, -0.05) is 0 Å². The van der Waals surface area contributed by atoms with Crippen molar-refractivity contribution in [3.05, 3.63) is 194 Å². The Morgan fingerprint density at radius 1 is 0.258 bits per heavy atom. The van der Waals surface area contributed by atoms with Crippen LogP contribution in [0.3, 0.4) is 0 Å². The molecule has 12 aromatic carbocycles. The number of hydrogen-bond donors (Lipinski definition) is 0. The second kappa shape index (κ2) is 23.6. The van der Waals surface area contributed by atoms with Gasteiger partial charge >= 0.3 is 382 Å². The molecule has 0 fully saturated rings. The first-order chi connectivity index (χ1) is 43.1. The molecule has 0 aliphatic heterocycles. The van der Waals surface area contributed by atoms with Gasteiger partial charge in [-0.05, 0) is 0 Å². The molecule has 367 valence electrons. The second-order valence-corrected chi connectivity index (χ2v) is 28.7. The molecule has 2 aromatic heterocycles. The van der Waals surface area contributed by atoms with E-state index >= 15 is 0 Å².